The molecule has 2 aromatic carbocycles. The van der Waals surface area contributed by atoms with Gasteiger partial charge in [-0.2, -0.15) is 0 Å². The minimum Gasteiger partial charge on any atom is -0.465 e. The number of carbonyl (C=O) groups excluding carboxylic acids is 1. The SMILES string of the molecule is COC(=O)c1ccc(Oc2nc(-c3ncc4ccccc4n3)ccc2C)cc1. The summed E-state index contributed by atoms with van der Waals surface area (Å²) in [6, 6.07) is 18.3. The van der Waals surface area contributed by atoms with Gasteiger partial charge < -0.3 is 9.47 Å². The molecular weight excluding hydrogens is 354 g/mol. The summed E-state index contributed by atoms with van der Waals surface area (Å²) < 4.78 is 10.6. The van der Waals surface area contributed by atoms with Crippen LogP contribution in [0.15, 0.2) is 66.9 Å². The Hall–Kier alpha value is -3.80. The number of benzene rings is 2. The molecule has 0 atom stereocenters. The number of hydrogen-bond donors (Lipinski definition) is 0. The summed E-state index contributed by atoms with van der Waals surface area (Å²) in [4.78, 5) is 25.1. The van der Waals surface area contributed by atoms with Gasteiger partial charge in [0, 0.05) is 17.1 Å². The standard InChI is InChI=1S/C22H17N3O3/c1-14-7-12-19(20-23-13-16-5-3-4-6-18(16)24-20)25-21(14)28-17-10-8-15(9-11-17)22(26)27-2/h3-13H,1-2H3. The average molecular weight is 371 g/mol. The van der Waals surface area contributed by atoms with Gasteiger partial charge >= 0.3 is 5.97 Å². The highest BCUT2D eigenvalue weighted by molar-refractivity contribution is 5.89. The Morgan fingerprint density at radius 2 is 1.71 bits per heavy atom. The van der Waals surface area contributed by atoms with Crippen molar-refractivity contribution in [2.24, 2.45) is 0 Å². The molecule has 0 aliphatic rings. The average Bonchev–Trinajstić information content (AvgIpc) is 2.75. The maximum Gasteiger partial charge on any atom is 0.337 e. The summed E-state index contributed by atoms with van der Waals surface area (Å²) in [6.45, 7) is 1.91. The number of fused-ring (bicyclic) bond motifs is 1. The lowest BCUT2D eigenvalue weighted by Crippen LogP contribution is -2.01. The number of para-hydroxylation sites is 1. The number of ether oxygens (including phenoxy) is 2. The van der Waals surface area contributed by atoms with Gasteiger partial charge in [0.25, 0.3) is 0 Å². The van der Waals surface area contributed by atoms with Crippen molar-refractivity contribution in [2.45, 2.75) is 6.92 Å². The van der Waals surface area contributed by atoms with Crippen LogP contribution in [0.3, 0.4) is 0 Å². The van der Waals surface area contributed by atoms with Gasteiger partial charge in [0.15, 0.2) is 5.82 Å². The van der Waals surface area contributed by atoms with Gasteiger partial charge in [-0.3, -0.25) is 0 Å². The van der Waals surface area contributed by atoms with Gasteiger partial charge in [0.2, 0.25) is 5.88 Å². The lowest BCUT2D eigenvalue weighted by Gasteiger charge is -2.10. The van der Waals surface area contributed by atoms with E-state index in [0.717, 1.165) is 16.5 Å². The smallest absolute Gasteiger partial charge is 0.337 e. The molecule has 0 aliphatic carbocycles. The summed E-state index contributed by atoms with van der Waals surface area (Å²) in [5.41, 5.74) is 2.81. The van der Waals surface area contributed by atoms with Gasteiger partial charge in [0.05, 0.1) is 18.2 Å². The zero-order valence-corrected chi connectivity index (χ0v) is 15.4. The van der Waals surface area contributed by atoms with E-state index in [9.17, 15) is 4.79 Å². The minimum absolute atomic E-state index is 0.392. The Bertz CT molecular complexity index is 1160. The predicted octanol–water partition coefficient (Wildman–Crippen LogP) is 4.58. The fourth-order valence-corrected chi connectivity index (χ4v) is 2.72. The molecule has 0 bridgehead atoms. The summed E-state index contributed by atoms with van der Waals surface area (Å²) >= 11 is 0. The molecule has 0 spiro atoms. The molecule has 0 saturated heterocycles. The van der Waals surface area contributed by atoms with Gasteiger partial charge in [-0.1, -0.05) is 24.3 Å². The van der Waals surface area contributed by atoms with E-state index in [1.54, 1.807) is 30.5 Å². The van der Waals surface area contributed by atoms with Crippen LogP contribution in [0.5, 0.6) is 11.6 Å². The Kier molecular flexibility index (Phi) is 4.68. The topological polar surface area (TPSA) is 74.2 Å². The second kappa shape index (κ2) is 7.44. The van der Waals surface area contributed by atoms with E-state index in [1.165, 1.54) is 7.11 Å². The fraction of sp³-hybridized carbons (Fsp3) is 0.0909. The summed E-state index contributed by atoms with van der Waals surface area (Å²) in [5, 5.41) is 0.973. The van der Waals surface area contributed by atoms with Crippen LogP contribution in [-0.4, -0.2) is 28.0 Å². The van der Waals surface area contributed by atoms with E-state index >= 15 is 0 Å². The molecule has 2 heterocycles. The van der Waals surface area contributed by atoms with Crippen molar-refractivity contribution in [3.63, 3.8) is 0 Å². The highest BCUT2D eigenvalue weighted by atomic mass is 16.5. The molecule has 0 saturated carbocycles. The van der Waals surface area contributed by atoms with E-state index in [-0.39, 0.29) is 0 Å². The maximum atomic E-state index is 11.5. The van der Waals surface area contributed by atoms with Crippen LogP contribution in [0.25, 0.3) is 22.4 Å². The number of methoxy groups -OCH3 is 1. The van der Waals surface area contributed by atoms with Crippen LogP contribution in [0.4, 0.5) is 0 Å². The number of carbonyl (C=O) groups is 1. The highest BCUT2D eigenvalue weighted by Crippen LogP contribution is 2.26. The second-order valence-electron chi connectivity index (χ2n) is 6.19. The van der Waals surface area contributed by atoms with Gasteiger partial charge in [-0.15, -0.1) is 0 Å². The van der Waals surface area contributed by atoms with Crippen LogP contribution in [0.1, 0.15) is 15.9 Å². The molecule has 2 aromatic heterocycles. The molecule has 6 heteroatoms. The Balaban J connectivity index is 1.64. The van der Waals surface area contributed by atoms with Crippen LogP contribution in [0.2, 0.25) is 0 Å². The quantitative estimate of drug-likeness (QED) is 0.489. The first-order chi connectivity index (χ1) is 13.6. The van der Waals surface area contributed by atoms with Crippen molar-refractivity contribution in [3.05, 3.63) is 78.0 Å². The van der Waals surface area contributed by atoms with E-state index in [4.69, 9.17) is 9.47 Å². The van der Waals surface area contributed by atoms with E-state index in [0.29, 0.717) is 28.7 Å². The number of hydrogen-bond acceptors (Lipinski definition) is 6. The molecule has 0 aliphatic heterocycles. The third-order valence-corrected chi connectivity index (χ3v) is 4.26. The van der Waals surface area contributed by atoms with Gasteiger partial charge in [0.1, 0.15) is 11.4 Å². The first-order valence-corrected chi connectivity index (χ1v) is 8.70. The molecule has 4 aromatic rings. The largest absolute Gasteiger partial charge is 0.465 e. The monoisotopic (exact) mass is 371 g/mol. The number of rotatable bonds is 4. The van der Waals surface area contributed by atoms with Crippen molar-refractivity contribution in [2.75, 3.05) is 7.11 Å². The third-order valence-electron chi connectivity index (χ3n) is 4.26. The summed E-state index contributed by atoms with van der Waals surface area (Å²) in [6.07, 6.45) is 1.78. The lowest BCUT2D eigenvalue weighted by atomic mass is 10.2. The molecule has 4 rings (SSSR count). The Morgan fingerprint density at radius 1 is 0.929 bits per heavy atom. The Morgan fingerprint density at radius 3 is 2.50 bits per heavy atom. The van der Waals surface area contributed by atoms with Crippen molar-refractivity contribution in [3.8, 4) is 23.1 Å². The normalized spacial score (nSPS) is 10.6. The van der Waals surface area contributed by atoms with Crippen molar-refractivity contribution >= 4 is 16.9 Å². The predicted molar refractivity (Wildman–Crippen MR) is 105 cm³/mol. The fourth-order valence-electron chi connectivity index (χ4n) is 2.72. The number of aromatic nitrogens is 3. The van der Waals surface area contributed by atoms with Crippen LogP contribution in [-0.2, 0) is 4.74 Å². The molecule has 0 radical (unpaired) electrons. The molecule has 28 heavy (non-hydrogen) atoms. The molecular formula is C22H17N3O3. The number of pyridine rings is 1. The summed E-state index contributed by atoms with van der Waals surface area (Å²) in [5.74, 6) is 1.17. The lowest BCUT2D eigenvalue weighted by molar-refractivity contribution is 0.0600. The highest BCUT2D eigenvalue weighted by Gasteiger charge is 2.11. The molecule has 0 amide bonds. The van der Waals surface area contributed by atoms with Crippen molar-refractivity contribution < 1.29 is 14.3 Å². The number of nitrogens with zero attached hydrogens (tertiary/aromatic N) is 3. The first-order valence-electron chi connectivity index (χ1n) is 8.70. The van der Waals surface area contributed by atoms with Crippen molar-refractivity contribution in [1.29, 1.82) is 0 Å². The number of esters is 1. The zero-order valence-electron chi connectivity index (χ0n) is 15.4. The maximum absolute atomic E-state index is 11.5. The molecule has 138 valence electrons. The molecule has 0 unspecified atom stereocenters. The zero-order chi connectivity index (χ0) is 19.5. The van der Waals surface area contributed by atoms with Gasteiger partial charge in [-0.25, -0.2) is 19.7 Å². The minimum atomic E-state index is -0.392. The second-order valence-corrected chi connectivity index (χ2v) is 6.19. The van der Waals surface area contributed by atoms with Crippen LogP contribution < -0.4 is 4.74 Å². The van der Waals surface area contributed by atoms with Crippen LogP contribution in [0, 0.1) is 6.92 Å². The third kappa shape index (κ3) is 3.53. The first kappa shape index (κ1) is 17.6. The van der Waals surface area contributed by atoms with E-state index in [2.05, 4.69) is 15.0 Å². The molecule has 0 fully saturated rings. The summed E-state index contributed by atoms with van der Waals surface area (Å²) in [7, 11) is 1.35. The number of aryl methyl sites for hydroxylation is 1. The van der Waals surface area contributed by atoms with E-state index in [1.807, 2.05) is 43.3 Å². The van der Waals surface area contributed by atoms with Gasteiger partial charge in [-0.05, 0) is 43.3 Å². The molecule has 6 nitrogen and oxygen atoms in total. The Labute approximate surface area is 161 Å². The van der Waals surface area contributed by atoms with Crippen LogP contribution >= 0.6 is 0 Å². The van der Waals surface area contributed by atoms with E-state index < -0.39 is 5.97 Å². The van der Waals surface area contributed by atoms with Crippen molar-refractivity contribution in [1.82, 2.24) is 15.0 Å². The molecule has 0 N–H and O–H groups in total.